The first-order valence-corrected chi connectivity index (χ1v) is 6.55. The minimum atomic E-state index is -0.762. The Morgan fingerprint density at radius 1 is 1.47 bits per heavy atom. The third-order valence-electron chi connectivity index (χ3n) is 3.20. The zero-order valence-corrected chi connectivity index (χ0v) is 11.4. The van der Waals surface area contributed by atoms with E-state index in [4.69, 9.17) is 9.47 Å². The van der Waals surface area contributed by atoms with E-state index in [1.807, 2.05) is 0 Å². The number of carbonyl (C=O) groups is 3. The lowest BCUT2D eigenvalue weighted by molar-refractivity contribution is -0.148. The molecule has 0 saturated heterocycles. The molecule has 0 spiro atoms. The van der Waals surface area contributed by atoms with Crippen LogP contribution in [0.1, 0.15) is 32.6 Å². The van der Waals surface area contributed by atoms with Gasteiger partial charge in [0.05, 0.1) is 7.11 Å². The number of amides is 1. The summed E-state index contributed by atoms with van der Waals surface area (Å²) < 4.78 is 9.69. The van der Waals surface area contributed by atoms with Crippen molar-refractivity contribution in [2.45, 2.75) is 38.6 Å². The molecule has 1 aliphatic rings. The average molecular weight is 271 g/mol. The van der Waals surface area contributed by atoms with Gasteiger partial charge in [0.25, 0.3) is 0 Å². The number of esters is 1. The Bertz CT molecular complexity index is 342. The maximum Gasteiger partial charge on any atom is 0.328 e. The van der Waals surface area contributed by atoms with Crippen molar-refractivity contribution in [3.63, 3.8) is 0 Å². The van der Waals surface area contributed by atoms with Crippen molar-refractivity contribution in [2.24, 2.45) is 5.92 Å². The molecule has 1 rings (SSSR count). The molecule has 0 aromatic carbocycles. The summed E-state index contributed by atoms with van der Waals surface area (Å²) in [5.74, 6) is -0.927. The predicted octanol–water partition coefficient (Wildman–Crippen LogP) is 0.440. The Kier molecular flexibility index (Phi) is 6.49. The largest absolute Gasteiger partial charge is 0.467 e. The fourth-order valence-corrected chi connectivity index (χ4v) is 2.25. The van der Waals surface area contributed by atoms with Crippen molar-refractivity contribution in [2.75, 3.05) is 20.3 Å². The number of hydrogen-bond donors (Lipinski definition) is 1. The van der Waals surface area contributed by atoms with E-state index in [0.717, 1.165) is 12.8 Å². The van der Waals surface area contributed by atoms with Gasteiger partial charge in [-0.05, 0) is 25.7 Å². The minimum Gasteiger partial charge on any atom is -0.467 e. The predicted molar refractivity (Wildman–Crippen MR) is 67.4 cm³/mol. The van der Waals surface area contributed by atoms with Crippen LogP contribution in [-0.4, -0.2) is 44.0 Å². The first-order valence-electron chi connectivity index (χ1n) is 6.55. The first kappa shape index (κ1) is 15.6. The molecule has 0 bridgehead atoms. The van der Waals surface area contributed by atoms with Crippen molar-refractivity contribution in [1.29, 1.82) is 0 Å². The molecule has 0 radical (unpaired) electrons. The molecule has 0 aromatic heterocycles. The van der Waals surface area contributed by atoms with Gasteiger partial charge in [-0.3, -0.25) is 9.59 Å². The van der Waals surface area contributed by atoms with Crippen molar-refractivity contribution >= 4 is 17.7 Å². The van der Waals surface area contributed by atoms with Crippen molar-refractivity contribution in [3.8, 4) is 0 Å². The van der Waals surface area contributed by atoms with Crippen molar-refractivity contribution < 1.29 is 23.9 Å². The SMILES string of the molecule is CCOCC(=O)N[C@H](C(=O)OC)[C@@H]1CCCC(=O)C1. The average Bonchev–Trinajstić information content (AvgIpc) is 2.41. The molecule has 6 nitrogen and oxygen atoms in total. The van der Waals surface area contributed by atoms with Crippen LogP contribution in [0.3, 0.4) is 0 Å². The highest BCUT2D eigenvalue weighted by atomic mass is 16.5. The molecule has 1 fully saturated rings. The molecule has 19 heavy (non-hydrogen) atoms. The zero-order valence-electron chi connectivity index (χ0n) is 11.4. The van der Waals surface area contributed by atoms with E-state index in [0.29, 0.717) is 19.4 Å². The fourth-order valence-electron chi connectivity index (χ4n) is 2.25. The van der Waals surface area contributed by atoms with Gasteiger partial charge in [0, 0.05) is 19.4 Å². The molecular weight excluding hydrogens is 250 g/mol. The summed E-state index contributed by atoms with van der Waals surface area (Å²) >= 11 is 0. The van der Waals surface area contributed by atoms with Crippen LogP contribution in [0.25, 0.3) is 0 Å². The van der Waals surface area contributed by atoms with Gasteiger partial charge in [-0.25, -0.2) is 4.79 Å². The lowest BCUT2D eigenvalue weighted by Gasteiger charge is -2.28. The van der Waals surface area contributed by atoms with E-state index >= 15 is 0 Å². The van der Waals surface area contributed by atoms with Gasteiger partial charge in [0.15, 0.2) is 0 Å². The minimum absolute atomic E-state index is 0.0926. The van der Waals surface area contributed by atoms with Crippen LogP contribution in [-0.2, 0) is 23.9 Å². The van der Waals surface area contributed by atoms with Crippen molar-refractivity contribution in [1.82, 2.24) is 5.32 Å². The summed E-state index contributed by atoms with van der Waals surface area (Å²) in [6.07, 6.45) is 2.35. The normalized spacial score (nSPS) is 20.7. The Morgan fingerprint density at radius 3 is 2.79 bits per heavy atom. The highest BCUT2D eigenvalue weighted by Crippen LogP contribution is 2.25. The van der Waals surface area contributed by atoms with Crippen LogP contribution in [0.5, 0.6) is 0 Å². The van der Waals surface area contributed by atoms with Gasteiger partial charge in [-0.2, -0.15) is 0 Å². The quantitative estimate of drug-likeness (QED) is 0.709. The fraction of sp³-hybridized carbons (Fsp3) is 0.769. The summed E-state index contributed by atoms with van der Waals surface area (Å²) in [7, 11) is 1.27. The number of nitrogens with one attached hydrogen (secondary N) is 1. The van der Waals surface area contributed by atoms with Crippen LogP contribution < -0.4 is 5.32 Å². The molecule has 1 aliphatic carbocycles. The second-order valence-corrected chi connectivity index (χ2v) is 4.60. The Labute approximate surface area is 112 Å². The Balaban J connectivity index is 2.63. The molecular formula is C13H21NO5. The van der Waals surface area contributed by atoms with Gasteiger partial charge >= 0.3 is 5.97 Å². The topological polar surface area (TPSA) is 81.7 Å². The van der Waals surface area contributed by atoms with Gasteiger partial charge in [-0.15, -0.1) is 0 Å². The van der Waals surface area contributed by atoms with E-state index in [-0.39, 0.29) is 24.2 Å². The second kappa shape index (κ2) is 7.89. The second-order valence-electron chi connectivity index (χ2n) is 4.60. The monoisotopic (exact) mass is 271 g/mol. The maximum atomic E-state index is 11.7. The number of Topliss-reactive ketones (excluding diaryl/α,β-unsaturated/α-hetero) is 1. The van der Waals surface area contributed by atoms with E-state index < -0.39 is 12.0 Å². The molecule has 1 saturated carbocycles. The summed E-state index contributed by atoms with van der Waals surface area (Å²) in [6, 6.07) is -0.762. The lowest BCUT2D eigenvalue weighted by Crippen LogP contribution is -2.49. The molecule has 0 aromatic rings. The third-order valence-corrected chi connectivity index (χ3v) is 3.20. The first-order chi connectivity index (χ1) is 9.08. The molecule has 1 N–H and O–H groups in total. The van der Waals surface area contributed by atoms with Gasteiger partial charge in [0.1, 0.15) is 18.4 Å². The summed E-state index contributed by atoms with van der Waals surface area (Å²) in [5.41, 5.74) is 0. The lowest BCUT2D eigenvalue weighted by atomic mass is 9.83. The van der Waals surface area contributed by atoms with Crippen LogP contribution in [0.2, 0.25) is 0 Å². The highest BCUT2D eigenvalue weighted by Gasteiger charge is 2.33. The van der Waals surface area contributed by atoms with E-state index in [9.17, 15) is 14.4 Å². The van der Waals surface area contributed by atoms with Crippen molar-refractivity contribution in [3.05, 3.63) is 0 Å². The number of methoxy groups -OCH3 is 1. The van der Waals surface area contributed by atoms with Gasteiger partial charge in [0.2, 0.25) is 5.91 Å². The molecule has 2 atom stereocenters. The molecule has 0 aliphatic heterocycles. The van der Waals surface area contributed by atoms with Gasteiger partial charge in [-0.1, -0.05) is 0 Å². The Hall–Kier alpha value is -1.43. The standard InChI is InChI=1S/C13H21NO5/c1-3-19-8-11(16)14-12(13(17)18-2)9-5-4-6-10(15)7-9/h9,12H,3-8H2,1-2H3,(H,14,16)/t9-,12+/m1/s1. The highest BCUT2D eigenvalue weighted by molar-refractivity contribution is 5.86. The summed E-state index contributed by atoms with van der Waals surface area (Å²) in [6.45, 7) is 2.12. The Morgan fingerprint density at radius 2 is 2.21 bits per heavy atom. The molecule has 1 amide bonds. The maximum absolute atomic E-state index is 11.7. The van der Waals surface area contributed by atoms with Crippen LogP contribution in [0, 0.1) is 5.92 Å². The van der Waals surface area contributed by atoms with Crippen LogP contribution in [0.4, 0.5) is 0 Å². The number of carbonyl (C=O) groups excluding carboxylic acids is 3. The van der Waals surface area contributed by atoms with Crippen LogP contribution in [0.15, 0.2) is 0 Å². The third kappa shape index (κ3) is 4.98. The number of ether oxygens (including phenoxy) is 2. The number of ketones is 1. The van der Waals surface area contributed by atoms with E-state index in [2.05, 4.69) is 5.32 Å². The summed E-state index contributed by atoms with van der Waals surface area (Å²) in [4.78, 5) is 34.8. The smallest absolute Gasteiger partial charge is 0.328 e. The van der Waals surface area contributed by atoms with E-state index in [1.165, 1.54) is 7.11 Å². The van der Waals surface area contributed by atoms with E-state index in [1.54, 1.807) is 6.92 Å². The van der Waals surface area contributed by atoms with Gasteiger partial charge < -0.3 is 14.8 Å². The molecule has 0 unspecified atom stereocenters. The number of hydrogen-bond acceptors (Lipinski definition) is 5. The van der Waals surface area contributed by atoms with Crippen LogP contribution >= 0.6 is 0 Å². The molecule has 6 heteroatoms. The zero-order chi connectivity index (χ0) is 14.3. The summed E-state index contributed by atoms with van der Waals surface area (Å²) in [5, 5.41) is 2.60. The number of rotatable bonds is 6. The molecule has 0 heterocycles. The molecule has 108 valence electrons.